The monoisotopic (exact) mass is 450 g/mol. The van der Waals surface area contributed by atoms with E-state index in [0.29, 0.717) is 16.8 Å². The summed E-state index contributed by atoms with van der Waals surface area (Å²) in [4.78, 5) is 16.5. The average Bonchev–Trinajstić information content (AvgIpc) is 2.76. The van der Waals surface area contributed by atoms with Crippen LogP contribution in [0.5, 0.6) is 0 Å². The number of nitrogens with one attached hydrogen (secondary N) is 1. The number of hydrogen-bond donors (Lipinski definition) is 2. The first-order chi connectivity index (χ1) is 15.6. The molecule has 0 aliphatic heterocycles. The van der Waals surface area contributed by atoms with Crippen molar-refractivity contribution in [2.45, 2.75) is 39.3 Å². The fourth-order valence-corrected chi connectivity index (χ4v) is 3.42. The molecule has 2 aromatic carbocycles. The minimum absolute atomic E-state index is 0.0488. The van der Waals surface area contributed by atoms with Crippen LogP contribution in [0.25, 0.3) is 11.1 Å². The number of rotatable bonds is 5. The second kappa shape index (κ2) is 9.76. The summed E-state index contributed by atoms with van der Waals surface area (Å²) >= 11 is 0. The first kappa shape index (κ1) is 23.8. The number of nitrogens with zero attached hydrogens (tertiary/aromatic N) is 2. The molecule has 0 spiro atoms. The van der Waals surface area contributed by atoms with Crippen LogP contribution in [0.4, 0.5) is 19.3 Å². The fourth-order valence-electron chi connectivity index (χ4n) is 3.42. The van der Waals surface area contributed by atoms with E-state index in [9.17, 15) is 14.4 Å². The number of ether oxygens (including phenoxy) is 1. The topological polar surface area (TPSA) is 101 Å². The summed E-state index contributed by atoms with van der Waals surface area (Å²) in [7, 11) is 0. The van der Waals surface area contributed by atoms with E-state index in [1.807, 2.05) is 6.07 Å². The number of aromatic nitrogens is 1. The van der Waals surface area contributed by atoms with Gasteiger partial charge in [-0.2, -0.15) is 5.26 Å². The molecule has 1 heterocycles. The molecule has 0 unspecified atom stereocenters. The van der Waals surface area contributed by atoms with Gasteiger partial charge in [-0.1, -0.05) is 18.2 Å². The van der Waals surface area contributed by atoms with Gasteiger partial charge in [0, 0.05) is 35.9 Å². The van der Waals surface area contributed by atoms with Crippen LogP contribution in [-0.4, -0.2) is 16.7 Å². The molecule has 33 heavy (non-hydrogen) atoms. The van der Waals surface area contributed by atoms with E-state index >= 15 is 4.39 Å². The minimum atomic E-state index is -0.826. The predicted molar refractivity (Wildman–Crippen MR) is 121 cm³/mol. The van der Waals surface area contributed by atoms with Crippen LogP contribution in [0.1, 0.15) is 43.2 Å². The number of hydrogen-bond acceptors (Lipinski definition) is 5. The normalized spacial score (nSPS) is 11.1. The van der Waals surface area contributed by atoms with Crippen LogP contribution >= 0.6 is 0 Å². The molecule has 0 radical (unpaired) electrons. The summed E-state index contributed by atoms with van der Waals surface area (Å²) in [6.45, 7) is 5.18. The SMILES string of the molecule is CC(C)(C)OC(=O)Nc1ccc(-c2cccnc2CN)c(Cc2c(F)cccc2C#N)c1F. The zero-order chi connectivity index (χ0) is 24.2. The van der Waals surface area contributed by atoms with E-state index in [-0.39, 0.29) is 35.3 Å². The van der Waals surface area contributed by atoms with E-state index in [1.165, 1.54) is 24.3 Å². The number of pyridine rings is 1. The van der Waals surface area contributed by atoms with Crippen molar-refractivity contribution in [3.05, 3.63) is 82.7 Å². The maximum absolute atomic E-state index is 15.8. The summed E-state index contributed by atoms with van der Waals surface area (Å²) in [5.74, 6) is -1.40. The molecule has 3 N–H and O–H groups in total. The average molecular weight is 450 g/mol. The number of carbonyl (C=O) groups is 1. The lowest BCUT2D eigenvalue weighted by atomic mass is 9.91. The van der Waals surface area contributed by atoms with Gasteiger partial charge in [-0.3, -0.25) is 10.3 Å². The molecule has 0 saturated heterocycles. The lowest BCUT2D eigenvalue weighted by Gasteiger charge is -2.21. The number of benzene rings is 2. The van der Waals surface area contributed by atoms with Crippen LogP contribution in [0.3, 0.4) is 0 Å². The standard InChI is InChI=1S/C25H24F2N4O2/c1-25(2,3)33-24(32)31-21-10-9-16(17-7-5-11-30-22(17)14-29)19(23(21)27)12-18-15(13-28)6-4-8-20(18)26/h4-11H,12,14,29H2,1-3H3,(H,31,32). The predicted octanol–water partition coefficient (Wildman–Crippen LogP) is 5.29. The number of nitrogens with two attached hydrogens (primary N) is 1. The van der Waals surface area contributed by atoms with Gasteiger partial charge in [-0.05, 0) is 50.6 Å². The summed E-state index contributed by atoms with van der Waals surface area (Å²) in [5, 5.41) is 11.8. The second-order valence-corrected chi connectivity index (χ2v) is 8.34. The molecule has 0 saturated carbocycles. The quantitative estimate of drug-likeness (QED) is 0.550. The number of nitriles is 1. The van der Waals surface area contributed by atoms with Gasteiger partial charge in [0.05, 0.1) is 23.0 Å². The van der Waals surface area contributed by atoms with Crippen LogP contribution < -0.4 is 11.1 Å². The van der Waals surface area contributed by atoms with Crippen molar-refractivity contribution in [3.63, 3.8) is 0 Å². The van der Waals surface area contributed by atoms with E-state index in [1.54, 1.807) is 45.2 Å². The Morgan fingerprint density at radius 3 is 2.55 bits per heavy atom. The third kappa shape index (κ3) is 5.51. The van der Waals surface area contributed by atoms with E-state index in [2.05, 4.69) is 10.3 Å². The van der Waals surface area contributed by atoms with Crippen LogP contribution in [-0.2, 0) is 17.7 Å². The summed E-state index contributed by atoms with van der Waals surface area (Å²) in [6.07, 6.45) is 0.525. The molecule has 6 nitrogen and oxygen atoms in total. The van der Waals surface area contributed by atoms with Gasteiger partial charge in [0.15, 0.2) is 5.82 Å². The van der Waals surface area contributed by atoms with E-state index in [4.69, 9.17) is 10.5 Å². The summed E-state index contributed by atoms with van der Waals surface area (Å²) in [5.41, 5.74) is 6.69. The Kier molecular flexibility index (Phi) is 7.04. The van der Waals surface area contributed by atoms with Crippen molar-refractivity contribution in [1.29, 1.82) is 5.26 Å². The van der Waals surface area contributed by atoms with Gasteiger partial charge in [0.1, 0.15) is 11.4 Å². The summed E-state index contributed by atoms with van der Waals surface area (Å²) < 4.78 is 35.6. The number of halogens is 2. The van der Waals surface area contributed by atoms with Gasteiger partial charge < -0.3 is 10.5 Å². The fraction of sp³-hybridized carbons (Fsp3) is 0.240. The first-order valence-corrected chi connectivity index (χ1v) is 10.3. The molecular weight excluding hydrogens is 426 g/mol. The first-order valence-electron chi connectivity index (χ1n) is 10.3. The highest BCUT2D eigenvalue weighted by Gasteiger charge is 2.23. The maximum atomic E-state index is 15.8. The van der Waals surface area contributed by atoms with Gasteiger partial charge in [-0.25, -0.2) is 13.6 Å². The highest BCUT2D eigenvalue weighted by atomic mass is 19.1. The molecule has 0 fully saturated rings. The number of amides is 1. The lowest BCUT2D eigenvalue weighted by molar-refractivity contribution is 0.0635. The Balaban J connectivity index is 2.16. The van der Waals surface area contributed by atoms with Crippen molar-refractivity contribution in [2.75, 3.05) is 5.32 Å². The Labute approximate surface area is 191 Å². The molecule has 0 aliphatic rings. The van der Waals surface area contributed by atoms with Crippen LogP contribution in [0.2, 0.25) is 0 Å². The molecule has 0 atom stereocenters. The van der Waals surface area contributed by atoms with Gasteiger partial charge in [0.25, 0.3) is 0 Å². The molecule has 3 aromatic rings. The Morgan fingerprint density at radius 2 is 1.88 bits per heavy atom. The zero-order valence-corrected chi connectivity index (χ0v) is 18.6. The third-order valence-corrected chi connectivity index (χ3v) is 4.85. The van der Waals surface area contributed by atoms with Crippen molar-refractivity contribution in [1.82, 2.24) is 4.98 Å². The van der Waals surface area contributed by atoms with Crippen molar-refractivity contribution in [3.8, 4) is 17.2 Å². The molecule has 8 heteroatoms. The molecule has 1 aromatic heterocycles. The molecule has 3 rings (SSSR count). The number of anilines is 1. The molecule has 170 valence electrons. The highest BCUT2D eigenvalue weighted by molar-refractivity contribution is 5.86. The van der Waals surface area contributed by atoms with Crippen molar-refractivity contribution in [2.24, 2.45) is 5.73 Å². The second-order valence-electron chi connectivity index (χ2n) is 8.34. The van der Waals surface area contributed by atoms with E-state index < -0.39 is 23.3 Å². The number of carbonyl (C=O) groups excluding carboxylic acids is 1. The van der Waals surface area contributed by atoms with Crippen LogP contribution in [0.15, 0.2) is 48.7 Å². The molecular formula is C25H24F2N4O2. The Hall–Kier alpha value is -3.83. The van der Waals surface area contributed by atoms with Gasteiger partial charge in [0.2, 0.25) is 0 Å². The maximum Gasteiger partial charge on any atom is 0.412 e. The largest absolute Gasteiger partial charge is 0.444 e. The Bertz CT molecular complexity index is 1230. The molecule has 0 bridgehead atoms. The smallest absolute Gasteiger partial charge is 0.412 e. The van der Waals surface area contributed by atoms with Crippen LogP contribution in [0, 0.1) is 23.0 Å². The third-order valence-electron chi connectivity index (χ3n) is 4.85. The highest BCUT2D eigenvalue weighted by Crippen LogP contribution is 2.34. The van der Waals surface area contributed by atoms with Crippen molar-refractivity contribution >= 4 is 11.8 Å². The lowest BCUT2D eigenvalue weighted by Crippen LogP contribution is -2.27. The molecule has 1 amide bonds. The molecule has 0 aliphatic carbocycles. The van der Waals surface area contributed by atoms with Gasteiger partial charge >= 0.3 is 6.09 Å². The minimum Gasteiger partial charge on any atom is -0.444 e. The zero-order valence-electron chi connectivity index (χ0n) is 18.6. The summed E-state index contributed by atoms with van der Waals surface area (Å²) in [6, 6.07) is 12.5. The Morgan fingerprint density at radius 1 is 1.12 bits per heavy atom. The van der Waals surface area contributed by atoms with Crippen molar-refractivity contribution < 1.29 is 18.3 Å². The van der Waals surface area contributed by atoms with E-state index in [0.717, 1.165) is 0 Å². The van der Waals surface area contributed by atoms with Gasteiger partial charge in [-0.15, -0.1) is 0 Å².